The Balaban J connectivity index is 2.11. The zero-order valence-electron chi connectivity index (χ0n) is 13.7. The summed E-state index contributed by atoms with van der Waals surface area (Å²) in [5.41, 5.74) is 5.84. The number of nitrogens with zero attached hydrogens (tertiary/aromatic N) is 2. The summed E-state index contributed by atoms with van der Waals surface area (Å²) in [5, 5.41) is 13.9. The van der Waals surface area contributed by atoms with Gasteiger partial charge in [0.05, 0.1) is 18.5 Å². The summed E-state index contributed by atoms with van der Waals surface area (Å²) in [6.45, 7) is 5.99. The predicted octanol–water partition coefficient (Wildman–Crippen LogP) is 2.09. The van der Waals surface area contributed by atoms with Crippen LogP contribution in [0.2, 0.25) is 0 Å². The third kappa shape index (κ3) is 4.03. The highest BCUT2D eigenvalue weighted by atomic mass is 16.5. The van der Waals surface area contributed by atoms with Crippen LogP contribution in [0.4, 0.5) is 4.79 Å². The predicted molar refractivity (Wildman–Crippen MR) is 86.9 cm³/mol. The van der Waals surface area contributed by atoms with Crippen molar-refractivity contribution >= 4 is 12.0 Å². The molecule has 0 aliphatic carbocycles. The van der Waals surface area contributed by atoms with Gasteiger partial charge in [0.25, 0.3) is 5.91 Å². The van der Waals surface area contributed by atoms with E-state index in [-0.39, 0.29) is 18.1 Å². The second kappa shape index (κ2) is 7.49. The molecule has 0 saturated carbocycles. The molecular formula is C16H20N4O4. The highest BCUT2D eigenvalue weighted by Crippen LogP contribution is 2.20. The summed E-state index contributed by atoms with van der Waals surface area (Å²) < 4.78 is 6.00. The second-order valence-corrected chi connectivity index (χ2v) is 5.35. The Labute approximate surface area is 139 Å². The van der Waals surface area contributed by atoms with E-state index in [9.17, 15) is 14.7 Å². The van der Waals surface area contributed by atoms with Gasteiger partial charge >= 0.3 is 6.09 Å². The van der Waals surface area contributed by atoms with Crippen molar-refractivity contribution in [3.05, 3.63) is 41.7 Å². The Morgan fingerprint density at radius 1 is 1.25 bits per heavy atom. The molecule has 0 saturated heterocycles. The van der Waals surface area contributed by atoms with Crippen molar-refractivity contribution in [2.75, 3.05) is 6.61 Å². The van der Waals surface area contributed by atoms with Gasteiger partial charge in [-0.25, -0.2) is 14.9 Å². The number of carbonyl (C=O) groups excluding carboxylic acids is 2. The number of aromatic hydroxyl groups is 1. The van der Waals surface area contributed by atoms with E-state index in [0.29, 0.717) is 11.6 Å². The van der Waals surface area contributed by atoms with Crippen molar-refractivity contribution in [3.63, 3.8) is 0 Å². The average Bonchev–Trinajstić information content (AvgIpc) is 2.95. The van der Waals surface area contributed by atoms with E-state index in [1.807, 2.05) is 24.3 Å². The number of carbonyl (C=O) groups is 2. The Kier molecular flexibility index (Phi) is 5.41. The molecule has 0 bridgehead atoms. The topological polar surface area (TPSA) is 105 Å². The molecule has 2 aromatic rings. The second-order valence-electron chi connectivity index (χ2n) is 5.35. The molecule has 1 aromatic carbocycles. The van der Waals surface area contributed by atoms with Gasteiger partial charge in [-0.05, 0) is 30.5 Å². The minimum absolute atomic E-state index is 0.175. The van der Waals surface area contributed by atoms with Gasteiger partial charge in [-0.3, -0.25) is 10.2 Å². The number of hydrogen-bond donors (Lipinski definition) is 3. The first kappa shape index (κ1) is 17.3. The fraction of sp³-hybridized carbons (Fsp3) is 0.312. The number of nitrogens with one attached hydrogen (secondary N) is 2. The van der Waals surface area contributed by atoms with Crippen LogP contribution in [0.1, 0.15) is 42.7 Å². The minimum Gasteiger partial charge on any atom is -0.504 e. The van der Waals surface area contributed by atoms with Crippen LogP contribution in [0, 0.1) is 0 Å². The van der Waals surface area contributed by atoms with Gasteiger partial charge in [0, 0.05) is 0 Å². The van der Waals surface area contributed by atoms with Crippen molar-refractivity contribution in [1.82, 2.24) is 20.6 Å². The number of aromatic nitrogens is 2. The van der Waals surface area contributed by atoms with Crippen LogP contribution < -0.4 is 10.9 Å². The quantitative estimate of drug-likeness (QED) is 0.744. The lowest BCUT2D eigenvalue weighted by molar-refractivity contribution is 0.0904. The summed E-state index contributed by atoms with van der Waals surface area (Å²) >= 11 is 0. The van der Waals surface area contributed by atoms with Crippen LogP contribution in [0.5, 0.6) is 5.75 Å². The third-order valence-corrected chi connectivity index (χ3v) is 3.29. The molecule has 1 heterocycles. The molecule has 128 valence electrons. The van der Waals surface area contributed by atoms with Gasteiger partial charge in [-0.2, -0.15) is 5.10 Å². The molecule has 3 N–H and O–H groups in total. The zero-order valence-corrected chi connectivity index (χ0v) is 13.7. The Hall–Kier alpha value is -3.03. The first-order chi connectivity index (χ1) is 11.4. The summed E-state index contributed by atoms with van der Waals surface area (Å²) in [4.78, 5) is 23.1. The monoisotopic (exact) mass is 332 g/mol. The fourth-order valence-corrected chi connectivity index (χ4v) is 2.00. The van der Waals surface area contributed by atoms with Crippen molar-refractivity contribution < 1.29 is 19.4 Å². The Morgan fingerprint density at radius 3 is 2.50 bits per heavy atom. The summed E-state index contributed by atoms with van der Waals surface area (Å²) in [6, 6.07) is 7.61. The molecule has 1 aromatic heterocycles. The van der Waals surface area contributed by atoms with Gasteiger partial charge in [0.15, 0.2) is 11.4 Å². The normalized spacial score (nSPS) is 10.5. The van der Waals surface area contributed by atoms with Gasteiger partial charge < -0.3 is 9.84 Å². The number of hydrazine groups is 1. The molecule has 0 fully saturated rings. The van der Waals surface area contributed by atoms with E-state index in [1.165, 1.54) is 16.4 Å². The first-order valence-corrected chi connectivity index (χ1v) is 7.54. The molecule has 0 aliphatic heterocycles. The van der Waals surface area contributed by atoms with E-state index >= 15 is 0 Å². The smallest absolute Gasteiger partial charge is 0.426 e. The van der Waals surface area contributed by atoms with Gasteiger partial charge in [0.1, 0.15) is 0 Å². The lowest BCUT2D eigenvalue weighted by atomic mass is 10.0. The number of ether oxygens (including phenoxy) is 1. The van der Waals surface area contributed by atoms with Crippen LogP contribution in [0.15, 0.2) is 30.5 Å². The Morgan fingerprint density at radius 2 is 1.92 bits per heavy atom. The molecule has 24 heavy (non-hydrogen) atoms. The summed E-state index contributed by atoms with van der Waals surface area (Å²) in [7, 11) is 0. The SMILES string of the molecule is CCOC(=O)NNC(=O)c1nn(-c2ccc(C(C)C)cc2)cc1O. The van der Waals surface area contributed by atoms with Crippen LogP contribution in [0.3, 0.4) is 0 Å². The van der Waals surface area contributed by atoms with Crippen LogP contribution in [-0.2, 0) is 4.74 Å². The maximum absolute atomic E-state index is 11.9. The van der Waals surface area contributed by atoms with E-state index in [0.717, 1.165) is 0 Å². The highest BCUT2D eigenvalue weighted by Gasteiger charge is 2.18. The summed E-state index contributed by atoms with van der Waals surface area (Å²) in [5.74, 6) is -0.649. The standard InChI is InChI=1S/C16H20N4O4/c1-4-24-16(23)18-17-15(22)14-13(21)9-20(19-14)12-7-5-11(6-8-12)10(2)3/h5-10,21H,4H2,1-3H3,(H,17,22)(H,18,23). The van der Waals surface area contributed by atoms with E-state index in [4.69, 9.17) is 0 Å². The maximum atomic E-state index is 11.9. The zero-order chi connectivity index (χ0) is 17.7. The third-order valence-electron chi connectivity index (χ3n) is 3.29. The van der Waals surface area contributed by atoms with E-state index in [2.05, 4.69) is 34.5 Å². The fourth-order valence-electron chi connectivity index (χ4n) is 2.00. The number of benzene rings is 1. The molecule has 8 heteroatoms. The average molecular weight is 332 g/mol. The molecule has 0 atom stereocenters. The van der Waals surface area contributed by atoms with Crippen molar-refractivity contribution in [2.45, 2.75) is 26.7 Å². The molecule has 0 spiro atoms. The number of hydrogen-bond acceptors (Lipinski definition) is 5. The van der Waals surface area contributed by atoms with E-state index in [1.54, 1.807) is 6.92 Å². The Bertz CT molecular complexity index is 722. The van der Waals surface area contributed by atoms with Crippen molar-refractivity contribution in [2.24, 2.45) is 0 Å². The lowest BCUT2D eigenvalue weighted by Gasteiger charge is -2.07. The van der Waals surface area contributed by atoms with Crippen LogP contribution in [-0.4, -0.2) is 33.5 Å². The van der Waals surface area contributed by atoms with Gasteiger partial charge in [-0.15, -0.1) is 0 Å². The maximum Gasteiger partial charge on any atom is 0.426 e. The molecular weight excluding hydrogens is 312 g/mol. The molecule has 0 aliphatic rings. The highest BCUT2D eigenvalue weighted by molar-refractivity contribution is 5.95. The minimum atomic E-state index is -0.797. The van der Waals surface area contributed by atoms with Crippen LogP contribution >= 0.6 is 0 Å². The first-order valence-electron chi connectivity index (χ1n) is 7.54. The van der Waals surface area contributed by atoms with E-state index < -0.39 is 12.0 Å². The molecule has 2 rings (SSSR count). The largest absolute Gasteiger partial charge is 0.504 e. The van der Waals surface area contributed by atoms with Gasteiger partial charge in [-0.1, -0.05) is 26.0 Å². The van der Waals surface area contributed by atoms with Crippen molar-refractivity contribution in [3.8, 4) is 11.4 Å². The molecule has 2 amide bonds. The molecule has 8 nitrogen and oxygen atoms in total. The lowest BCUT2D eigenvalue weighted by Crippen LogP contribution is -2.42. The van der Waals surface area contributed by atoms with Crippen LogP contribution in [0.25, 0.3) is 5.69 Å². The number of rotatable bonds is 4. The summed E-state index contributed by atoms with van der Waals surface area (Å²) in [6.07, 6.45) is 0.526. The molecule has 0 unspecified atom stereocenters. The van der Waals surface area contributed by atoms with Gasteiger partial charge in [0.2, 0.25) is 0 Å². The number of amides is 2. The molecule has 0 radical (unpaired) electrons. The van der Waals surface area contributed by atoms with Crippen molar-refractivity contribution in [1.29, 1.82) is 0 Å².